The topological polar surface area (TPSA) is 55.8 Å². The largest absolute Gasteiger partial charge is 0.393 e. The zero-order valence-corrected chi connectivity index (χ0v) is 10.9. The Labute approximate surface area is 107 Å². The molecule has 3 unspecified atom stereocenters. The van der Waals surface area contributed by atoms with Crippen LogP contribution in [-0.2, 0) is 14.3 Å². The maximum Gasteiger partial charge on any atom is 0.235 e. The first kappa shape index (κ1) is 12.3. The number of ketones is 1. The van der Waals surface area contributed by atoms with Crippen molar-refractivity contribution in [3.8, 4) is 0 Å². The molecule has 0 aromatic carbocycles. The summed E-state index contributed by atoms with van der Waals surface area (Å²) in [7, 11) is 3.06. The first-order valence-electron chi connectivity index (χ1n) is 6.63. The number of hydrogen-bond acceptors (Lipinski definition) is 4. The molecule has 0 aromatic rings. The van der Waals surface area contributed by atoms with E-state index < -0.39 is 11.2 Å². The van der Waals surface area contributed by atoms with Crippen molar-refractivity contribution < 1.29 is 19.4 Å². The lowest BCUT2D eigenvalue weighted by molar-refractivity contribution is -0.254. The molecule has 1 spiro atoms. The molecule has 2 fully saturated rings. The molecule has 100 valence electrons. The van der Waals surface area contributed by atoms with Gasteiger partial charge in [0, 0.05) is 26.1 Å². The number of carbonyl (C=O) groups excluding carboxylic acids is 1. The number of rotatable bonds is 2. The molecule has 0 aromatic heterocycles. The van der Waals surface area contributed by atoms with E-state index in [1.54, 1.807) is 0 Å². The van der Waals surface area contributed by atoms with Gasteiger partial charge in [0.25, 0.3) is 0 Å². The number of aliphatic hydroxyl groups excluding tert-OH is 1. The van der Waals surface area contributed by atoms with Crippen molar-refractivity contribution in [3.05, 3.63) is 12.2 Å². The summed E-state index contributed by atoms with van der Waals surface area (Å²) in [6.07, 6.45) is 6.92. The highest BCUT2D eigenvalue weighted by atomic mass is 16.7. The van der Waals surface area contributed by atoms with E-state index in [1.165, 1.54) is 14.2 Å². The zero-order chi connectivity index (χ0) is 13.0. The lowest BCUT2D eigenvalue weighted by Crippen LogP contribution is -2.66. The highest BCUT2D eigenvalue weighted by Gasteiger charge is 2.66. The van der Waals surface area contributed by atoms with Gasteiger partial charge in [0.1, 0.15) is 0 Å². The molecule has 0 heterocycles. The van der Waals surface area contributed by atoms with Crippen LogP contribution in [0.2, 0.25) is 0 Å². The smallest absolute Gasteiger partial charge is 0.235 e. The average Bonchev–Trinajstić information content (AvgIpc) is 2.40. The first-order valence-corrected chi connectivity index (χ1v) is 6.63. The summed E-state index contributed by atoms with van der Waals surface area (Å²) in [5.41, 5.74) is -0.571. The van der Waals surface area contributed by atoms with Crippen molar-refractivity contribution in [1.29, 1.82) is 0 Å². The molecule has 2 bridgehead atoms. The van der Waals surface area contributed by atoms with E-state index in [9.17, 15) is 9.90 Å². The Morgan fingerprint density at radius 3 is 2.78 bits per heavy atom. The van der Waals surface area contributed by atoms with E-state index in [0.29, 0.717) is 0 Å². The third-order valence-electron chi connectivity index (χ3n) is 5.18. The number of fused-ring (bicyclic) bond motifs is 1. The van der Waals surface area contributed by atoms with E-state index >= 15 is 0 Å². The number of Topliss-reactive ketones (excluding diaryl/α,β-unsaturated/α-hetero) is 1. The zero-order valence-electron chi connectivity index (χ0n) is 10.9. The monoisotopic (exact) mass is 252 g/mol. The fourth-order valence-electron chi connectivity index (χ4n) is 4.25. The molecule has 0 amide bonds. The minimum absolute atomic E-state index is 0.00231. The van der Waals surface area contributed by atoms with Crippen LogP contribution in [0, 0.1) is 17.3 Å². The van der Waals surface area contributed by atoms with Crippen LogP contribution in [0.1, 0.15) is 25.7 Å². The highest BCUT2D eigenvalue weighted by Crippen LogP contribution is 2.58. The Hall–Kier alpha value is -0.710. The van der Waals surface area contributed by atoms with Crippen LogP contribution in [0.25, 0.3) is 0 Å². The number of methoxy groups -OCH3 is 2. The van der Waals surface area contributed by atoms with Crippen LogP contribution in [0.4, 0.5) is 0 Å². The summed E-state index contributed by atoms with van der Waals surface area (Å²) in [5, 5.41) is 10.2. The Morgan fingerprint density at radius 2 is 2.11 bits per heavy atom. The van der Waals surface area contributed by atoms with Gasteiger partial charge in [-0.15, -0.1) is 0 Å². The van der Waals surface area contributed by atoms with Crippen LogP contribution in [0.5, 0.6) is 0 Å². The molecule has 0 aliphatic heterocycles. The highest BCUT2D eigenvalue weighted by molar-refractivity contribution is 5.96. The van der Waals surface area contributed by atoms with Gasteiger partial charge in [0.05, 0.1) is 11.5 Å². The Morgan fingerprint density at radius 1 is 1.39 bits per heavy atom. The molecule has 18 heavy (non-hydrogen) atoms. The third kappa shape index (κ3) is 1.23. The average molecular weight is 252 g/mol. The standard InChI is InChI=1S/C14H20O4/c1-17-14(18-2)9-5-7-13(12(14)16)6-3-4-11(15)10(13)8-9/h5,7,9-11,15H,3-4,6,8H2,1-2H3/t9?,10?,11?,13-/m1/s1. The Bertz CT molecular complexity index is 399. The van der Waals surface area contributed by atoms with Crippen molar-refractivity contribution in [3.63, 3.8) is 0 Å². The van der Waals surface area contributed by atoms with Crippen molar-refractivity contribution in [2.75, 3.05) is 14.2 Å². The van der Waals surface area contributed by atoms with Crippen molar-refractivity contribution in [1.82, 2.24) is 0 Å². The molecule has 4 aliphatic carbocycles. The molecule has 4 rings (SSSR count). The summed E-state index contributed by atoms with van der Waals surface area (Å²) < 4.78 is 10.9. The summed E-state index contributed by atoms with van der Waals surface area (Å²) in [5.74, 6) is -1.18. The Kier molecular flexibility index (Phi) is 2.66. The minimum atomic E-state index is -1.14. The second-order valence-electron chi connectivity index (χ2n) is 5.71. The molecular formula is C14H20O4. The van der Waals surface area contributed by atoms with Gasteiger partial charge in [-0.05, 0) is 25.7 Å². The molecule has 0 saturated heterocycles. The number of hydrogen-bond donors (Lipinski definition) is 1. The van der Waals surface area contributed by atoms with Crippen LogP contribution < -0.4 is 0 Å². The first-order chi connectivity index (χ1) is 8.60. The van der Waals surface area contributed by atoms with Gasteiger partial charge in [-0.25, -0.2) is 0 Å². The Balaban J connectivity index is 2.09. The summed E-state index contributed by atoms with van der Waals surface area (Å²) in [6.45, 7) is 0. The lowest BCUT2D eigenvalue weighted by Gasteiger charge is -2.57. The molecule has 4 aliphatic rings. The molecule has 4 nitrogen and oxygen atoms in total. The quantitative estimate of drug-likeness (QED) is 0.594. The number of aliphatic hydroxyl groups is 1. The molecule has 4 heteroatoms. The van der Waals surface area contributed by atoms with Gasteiger partial charge in [0.2, 0.25) is 11.6 Å². The summed E-state index contributed by atoms with van der Waals surface area (Å²) in [6, 6.07) is 0. The maximum atomic E-state index is 12.9. The van der Waals surface area contributed by atoms with Crippen molar-refractivity contribution in [2.45, 2.75) is 37.6 Å². The molecular weight excluding hydrogens is 232 g/mol. The van der Waals surface area contributed by atoms with Crippen molar-refractivity contribution in [2.24, 2.45) is 17.3 Å². The predicted octanol–water partition coefficient (Wildman–Crippen LogP) is 1.28. The van der Waals surface area contributed by atoms with Gasteiger partial charge in [0.15, 0.2) is 0 Å². The van der Waals surface area contributed by atoms with Crippen molar-refractivity contribution >= 4 is 5.78 Å². The van der Waals surface area contributed by atoms with E-state index in [2.05, 4.69) is 0 Å². The number of allylic oxidation sites excluding steroid dienone is 1. The fraction of sp³-hybridized carbons (Fsp3) is 0.786. The van der Waals surface area contributed by atoms with Gasteiger partial charge in [-0.1, -0.05) is 12.2 Å². The lowest BCUT2D eigenvalue weighted by atomic mass is 9.50. The second-order valence-corrected chi connectivity index (χ2v) is 5.71. The van der Waals surface area contributed by atoms with Gasteiger partial charge >= 0.3 is 0 Å². The van der Waals surface area contributed by atoms with Crippen LogP contribution in [0.3, 0.4) is 0 Å². The predicted molar refractivity (Wildman–Crippen MR) is 64.8 cm³/mol. The van der Waals surface area contributed by atoms with E-state index in [0.717, 1.165) is 25.7 Å². The fourth-order valence-corrected chi connectivity index (χ4v) is 4.25. The van der Waals surface area contributed by atoms with E-state index in [-0.39, 0.29) is 23.7 Å². The third-order valence-corrected chi connectivity index (χ3v) is 5.18. The van der Waals surface area contributed by atoms with Gasteiger partial charge < -0.3 is 14.6 Å². The molecule has 4 atom stereocenters. The van der Waals surface area contributed by atoms with Crippen LogP contribution in [0.15, 0.2) is 12.2 Å². The normalized spacial score (nSPS) is 45.1. The van der Waals surface area contributed by atoms with E-state index in [1.807, 2.05) is 12.2 Å². The minimum Gasteiger partial charge on any atom is -0.393 e. The van der Waals surface area contributed by atoms with Crippen LogP contribution in [-0.4, -0.2) is 37.0 Å². The van der Waals surface area contributed by atoms with E-state index in [4.69, 9.17) is 9.47 Å². The molecule has 0 radical (unpaired) electrons. The second kappa shape index (κ2) is 3.89. The summed E-state index contributed by atoms with van der Waals surface area (Å²) in [4.78, 5) is 12.9. The van der Waals surface area contributed by atoms with Gasteiger partial charge in [-0.3, -0.25) is 4.79 Å². The molecule has 1 N–H and O–H groups in total. The molecule has 2 saturated carbocycles. The SMILES string of the molecule is COC1(OC)C(=O)[C@]23C=CC1CC2C(O)CCC3. The van der Waals surface area contributed by atoms with Crippen LogP contribution >= 0.6 is 0 Å². The maximum absolute atomic E-state index is 12.9. The van der Waals surface area contributed by atoms with Gasteiger partial charge in [-0.2, -0.15) is 0 Å². The number of ether oxygens (including phenoxy) is 2. The number of carbonyl (C=O) groups is 1. The summed E-state index contributed by atoms with van der Waals surface area (Å²) >= 11 is 0.